The normalized spacial score (nSPS) is 18.1. The largest absolute Gasteiger partial charge is 0.341 e. The highest BCUT2D eigenvalue weighted by Crippen LogP contribution is 2.36. The smallest absolute Gasteiger partial charge is 0.114 e. The number of fused-ring (bicyclic) bond motifs is 2. The molecule has 1 heterocycles. The van der Waals surface area contributed by atoms with Gasteiger partial charge in [0.25, 0.3) is 0 Å². The SMILES string of the molecule is Clc1cccc2[nH]c(C3CCCc4ccccc43)nc12. The number of nitrogens with zero attached hydrogens (tertiary/aromatic N) is 1. The molecule has 20 heavy (non-hydrogen) atoms. The molecule has 4 rings (SSSR count). The third-order valence-electron chi connectivity index (χ3n) is 4.18. The van der Waals surface area contributed by atoms with Crippen LogP contribution in [0, 0.1) is 0 Å². The zero-order valence-corrected chi connectivity index (χ0v) is 11.8. The number of aromatic nitrogens is 2. The summed E-state index contributed by atoms with van der Waals surface area (Å²) in [6, 6.07) is 14.6. The number of hydrogen-bond acceptors (Lipinski definition) is 1. The van der Waals surface area contributed by atoms with Gasteiger partial charge in [0.2, 0.25) is 0 Å². The van der Waals surface area contributed by atoms with E-state index >= 15 is 0 Å². The first-order valence-electron chi connectivity index (χ1n) is 7.05. The van der Waals surface area contributed by atoms with E-state index in [2.05, 4.69) is 29.2 Å². The second kappa shape index (κ2) is 4.64. The lowest BCUT2D eigenvalue weighted by atomic mass is 9.82. The Bertz CT molecular complexity index is 776. The molecule has 0 fully saturated rings. The summed E-state index contributed by atoms with van der Waals surface area (Å²) in [7, 11) is 0. The zero-order chi connectivity index (χ0) is 13.5. The quantitative estimate of drug-likeness (QED) is 0.689. The molecule has 3 aromatic rings. The van der Waals surface area contributed by atoms with Crippen molar-refractivity contribution in [2.24, 2.45) is 0 Å². The molecular weight excluding hydrogens is 268 g/mol. The molecule has 1 aliphatic carbocycles. The van der Waals surface area contributed by atoms with Gasteiger partial charge in [-0.3, -0.25) is 0 Å². The van der Waals surface area contributed by atoms with Crippen LogP contribution >= 0.6 is 11.6 Å². The Hall–Kier alpha value is -1.80. The van der Waals surface area contributed by atoms with Crippen molar-refractivity contribution in [1.82, 2.24) is 9.97 Å². The molecular formula is C17H15ClN2. The molecule has 3 heteroatoms. The predicted molar refractivity (Wildman–Crippen MR) is 82.3 cm³/mol. The number of aromatic amines is 1. The summed E-state index contributed by atoms with van der Waals surface area (Å²) in [5, 5.41) is 0.717. The first kappa shape index (κ1) is 12.0. The number of aryl methyl sites for hydroxylation is 1. The molecule has 1 N–H and O–H groups in total. The Labute approximate surface area is 122 Å². The minimum atomic E-state index is 0.364. The van der Waals surface area contributed by atoms with Gasteiger partial charge in [0.1, 0.15) is 11.3 Å². The minimum absolute atomic E-state index is 0.364. The van der Waals surface area contributed by atoms with Gasteiger partial charge in [-0.25, -0.2) is 4.98 Å². The maximum absolute atomic E-state index is 6.23. The summed E-state index contributed by atoms with van der Waals surface area (Å²) in [4.78, 5) is 8.20. The van der Waals surface area contributed by atoms with Crippen LogP contribution in [-0.2, 0) is 6.42 Å². The van der Waals surface area contributed by atoms with Crippen LogP contribution in [0.2, 0.25) is 5.02 Å². The first-order chi connectivity index (χ1) is 9.83. The van der Waals surface area contributed by atoms with Gasteiger partial charge in [-0.15, -0.1) is 0 Å². The molecule has 0 saturated heterocycles. The van der Waals surface area contributed by atoms with Gasteiger partial charge in [-0.05, 0) is 42.5 Å². The molecule has 1 aliphatic rings. The van der Waals surface area contributed by atoms with Crippen molar-refractivity contribution in [3.05, 3.63) is 64.4 Å². The second-order valence-corrected chi connectivity index (χ2v) is 5.81. The summed E-state index contributed by atoms with van der Waals surface area (Å²) in [6.45, 7) is 0. The predicted octanol–water partition coefficient (Wildman–Crippen LogP) is 4.68. The minimum Gasteiger partial charge on any atom is -0.341 e. The first-order valence-corrected chi connectivity index (χ1v) is 7.42. The van der Waals surface area contributed by atoms with Crippen LogP contribution in [0.3, 0.4) is 0 Å². The molecule has 0 radical (unpaired) electrons. The van der Waals surface area contributed by atoms with E-state index in [4.69, 9.17) is 16.6 Å². The van der Waals surface area contributed by atoms with Crippen molar-refractivity contribution in [2.75, 3.05) is 0 Å². The summed E-state index contributed by atoms with van der Waals surface area (Å²) < 4.78 is 0. The molecule has 1 aromatic heterocycles. The number of benzene rings is 2. The Morgan fingerprint density at radius 2 is 2.00 bits per heavy atom. The molecule has 2 nitrogen and oxygen atoms in total. The Morgan fingerprint density at radius 1 is 1.10 bits per heavy atom. The molecule has 0 bridgehead atoms. The van der Waals surface area contributed by atoms with Gasteiger partial charge in [-0.2, -0.15) is 0 Å². The average molecular weight is 283 g/mol. The van der Waals surface area contributed by atoms with Crippen molar-refractivity contribution in [3.8, 4) is 0 Å². The van der Waals surface area contributed by atoms with Crippen LogP contribution in [0.15, 0.2) is 42.5 Å². The van der Waals surface area contributed by atoms with Crippen molar-refractivity contribution >= 4 is 22.6 Å². The van der Waals surface area contributed by atoms with Crippen LogP contribution < -0.4 is 0 Å². The number of rotatable bonds is 1. The van der Waals surface area contributed by atoms with Crippen molar-refractivity contribution in [3.63, 3.8) is 0 Å². The molecule has 1 atom stereocenters. The molecule has 0 aliphatic heterocycles. The highest BCUT2D eigenvalue weighted by molar-refractivity contribution is 6.34. The Balaban J connectivity index is 1.86. The number of halogens is 1. The van der Waals surface area contributed by atoms with Crippen LogP contribution in [0.4, 0.5) is 0 Å². The monoisotopic (exact) mass is 282 g/mol. The molecule has 2 aromatic carbocycles. The third kappa shape index (κ3) is 1.83. The molecule has 0 amide bonds. The van der Waals surface area contributed by atoms with Crippen molar-refractivity contribution in [2.45, 2.75) is 25.2 Å². The van der Waals surface area contributed by atoms with Gasteiger partial charge < -0.3 is 4.98 Å². The van der Waals surface area contributed by atoms with Crippen molar-refractivity contribution in [1.29, 1.82) is 0 Å². The summed E-state index contributed by atoms with van der Waals surface area (Å²) in [6.07, 6.45) is 3.54. The summed E-state index contributed by atoms with van der Waals surface area (Å²) in [5.74, 6) is 1.41. The lowest BCUT2D eigenvalue weighted by Crippen LogP contribution is -2.12. The fourth-order valence-corrected chi connectivity index (χ4v) is 3.44. The molecule has 0 spiro atoms. The Morgan fingerprint density at radius 3 is 2.90 bits per heavy atom. The summed E-state index contributed by atoms with van der Waals surface area (Å²) >= 11 is 6.23. The van der Waals surface area contributed by atoms with E-state index in [1.807, 2.05) is 18.2 Å². The number of para-hydroxylation sites is 1. The van der Waals surface area contributed by atoms with Crippen LogP contribution in [0.1, 0.15) is 35.7 Å². The van der Waals surface area contributed by atoms with Gasteiger partial charge >= 0.3 is 0 Å². The lowest BCUT2D eigenvalue weighted by molar-refractivity contribution is 0.596. The molecule has 100 valence electrons. The van der Waals surface area contributed by atoms with E-state index in [1.165, 1.54) is 24.0 Å². The average Bonchev–Trinajstić information content (AvgIpc) is 2.92. The fraction of sp³-hybridized carbons (Fsp3) is 0.235. The van der Waals surface area contributed by atoms with Gasteiger partial charge in [-0.1, -0.05) is 41.9 Å². The number of nitrogens with one attached hydrogen (secondary N) is 1. The van der Waals surface area contributed by atoms with Crippen LogP contribution in [0.25, 0.3) is 11.0 Å². The Kier molecular flexibility index (Phi) is 2.78. The lowest BCUT2D eigenvalue weighted by Gasteiger charge is -2.23. The van der Waals surface area contributed by atoms with E-state index in [-0.39, 0.29) is 0 Å². The maximum Gasteiger partial charge on any atom is 0.114 e. The van der Waals surface area contributed by atoms with E-state index in [0.717, 1.165) is 23.3 Å². The topological polar surface area (TPSA) is 28.7 Å². The van der Waals surface area contributed by atoms with Gasteiger partial charge in [0, 0.05) is 5.92 Å². The van der Waals surface area contributed by atoms with Crippen LogP contribution in [-0.4, -0.2) is 9.97 Å². The van der Waals surface area contributed by atoms with Gasteiger partial charge in [0.05, 0.1) is 10.5 Å². The van der Waals surface area contributed by atoms with Crippen LogP contribution in [0.5, 0.6) is 0 Å². The number of H-pyrrole nitrogens is 1. The standard InChI is InChI=1S/C17H15ClN2/c18-14-9-4-10-15-16(14)20-17(19-15)13-8-3-6-11-5-1-2-7-12(11)13/h1-2,4-5,7,9-10,13H,3,6,8H2,(H,19,20). The van der Waals surface area contributed by atoms with E-state index in [9.17, 15) is 0 Å². The van der Waals surface area contributed by atoms with Crippen molar-refractivity contribution < 1.29 is 0 Å². The number of hydrogen-bond donors (Lipinski definition) is 1. The molecule has 0 saturated carbocycles. The second-order valence-electron chi connectivity index (χ2n) is 5.40. The van der Waals surface area contributed by atoms with E-state index in [0.29, 0.717) is 10.9 Å². The molecule has 1 unspecified atom stereocenters. The summed E-state index contributed by atoms with van der Waals surface area (Å²) in [5.41, 5.74) is 4.77. The maximum atomic E-state index is 6.23. The number of imidazole rings is 1. The fourth-order valence-electron chi connectivity index (χ4n) is 3.22. The van der Waals surface area contributed by atoms with E-state index < -0.39 is 0 Å². The highest BCUT2D eigenvalue weighted by atomic mass is 35.5. The zero-order valence-electron chi connectivity index (χ0n) is 11.1. The van der Waals surface area contributed by atoms with Gasteiger partial charge in [0.15, 0.2) is 0 Å². The highest BCUT2D eigenvalue weighted by Gasteiger charge is 2.24. The third-order valence-corrected chi connectivity index (χ3v) is 4.49. The van der Waals surface area contributed by atoms with E-state index in [1.54, 1.807) is 0 Å².